The van der Waals surface area contributed by atoms with Gasteiger partial charge in [-0.1, -0.05) is 36.4 Å². The highest BCUT2D eigenvalue weighted by molar-refractivity contribution is 5.65. The predicted octanol–water partition coefficient (Wildman–Crippen LogP) is 2.91. The first-order valence-electron chi connectivity index (χ1n) is 8.42. The molecular formula is C19H19N7. The van der Waals surface area contributed by atoms with Crippen molar-refractivity contribution in [2.75, 3.05) is 23.7 Å². The largest absolute Gasteiger partial charge is 0.369 e. The van der Waals surface area contributed by atoms with E-state index in [0.29, 0.717) is 19.0 Å². The van der Waals surface area contributed by atoms with Crippen molar-refractivity contribution in [3.8, 4) is 11.3 Å². The van der Waals surface area contributed by atoms with E-state index in [-0.39, 0.29) is 0 Å². The minimum Gasteiger partial charge on any atom is -0.369 e. The molecule has 0 radical (unpaired) electrons. The van der Waals surface area contributed by atoms with E-state index in [4.69, 9.17) is 5.73 Å². The number of pyridine rings is 2. The molecule has 3 heterocycles. The fourth-order valence-electron chi connectivity index (χ4n) is 2.72. The quantitative estimate of drug-likeness (QED) is 0.497. The molecule has 26 heavy (non-hydrogen) atoms. The van der Waals surface area contributed by atoms with Crippen LogP contribution in [0.4, 0.5) is 17.5 Å². The summed E-state index contributed by atoms with van der Waals surface area (Å²) in [5.74, 6) is 1.29. The summed E-state index contributed by atoms with van der Waals surface area (Å²) < 4.78 is 1.84. The SMILES string of the molecule is NCCNc1cc(Nc2nc3cccc(-c4ccccc4)n3n2)ccn1. The van der Waals surface area contributed by atoms with Crippen LogP contribution in [0, 0.1) is 0 Å². The Morgan fingerprint density at radius 2 is 1.88 bits per heavy atom. The summed E-state index contributed by atoms with van der Waals surface area (Å²) in [5, 5.41) is 11.0. The lowest BCUT2D eigenvalue weighted by Crippen LogP contribution is -2.13. The van der Waals surface area contributed by atoms with Crippen LogP contribution in [0.2, 0.25) is 0 Å². The molecule has 0 amide bonds. The van der Waals surface area contributed by atoms with E-state index in [1.54, 1.807) is 6.20 Å². The van der Waals surface area contributed by atoms with E-state index in [1.807, 2.05) is 53.0 Å². The number of hydrogen-bond acceptors (Lipinski definition) is 6. The first-order chi connectivity index (χ1) is 12.8. The summed E-state index contributed by atoms with van der Waals surface area (Å²) in [7, 11) is 0. The molecule has 4 aromatic rings. The third-order valence-corrected chi connectivity index (χ3v) is 3.90. The van der Waals surface area contributed by atoms with Crippen molar-refractivity contribution < 1.29 is 0 Å². The number of aromatic nitrogens is 4. The number of anilines is 3. The summed E-state index contributed by atoms with van der Waals surface area (Å²) in [5.41, 5.74) is 9.23. The van der Waals surface area contributed by atoms with Crippen LogP contribution in [0.15, 0.2) is 66.9 Å². The van der Waals surface area contributed by atoms with Crippen molar-refractivity contribution in [3.63, 3.8) is 0 Å². The molecule has 7 nitrogen and oxygen atoms in total. The van der Waals surface area contributed by atoms with Crippen LogP contribution in [-0.2, 0) is 0 Å². The first kappa shape index (κ1) is 16.0. The van der Waals surface area contributed by atoms with Crippen molar-refractivity contribution in [3.05, 3.63) is 66.9 Å². The molecule has 0 aliphatic carbocycles. The van der Waals surface area contributed by atoms with E-state index in [2.05, 4.69) is 37.8 Å². The molecule has 7 heteroatoms. The molecule has 4 N–H and O–H groups in total. The smallest absolute Gasteiger partial charge is 0.247 e. The number of hydrogen-bond donors (Lipinski definition) is 3. The second kappa shape index (κ2) is 7.20. The maximum absolute atomic E-state index is 5.51. The highest BCUT2D eigenvalue weighted by Crippen LogP contribution is 2.22. The van der Waals surface area contributed by atoms with E-state index in [9.17, 15) is 0 Å². The maximum Gasteiger partial charge on any atom is 0.247 e. The van der Waals surface area contributed by atoms with Gasteiger partial charge in [-0.3, -0.25) is 0 Å². The van der Waals surface area contributed by atoms with Gasteiger partial charge in [0.05, 0.1) is 5.69 Å². The lowest BCUT2D eigenvalue weighted by Gasteiger charge is -2.06. The third-order valence-electron chi connectivity index (χ3n) is 3.90. The van der Waals surface area contributed by atoms with Gasteiger partial charge in [-0.15, -0.1) is 5.10 Å². The van der Waals surface area contributed by atoms with Gasteiger partial charge >= 0.3 is 0 Å². The molecule has 0 aliphatic rings. The highest BCUT2D eigenvalue weighted by Gasteiger charge is 2.09. The molecule has 0 saturated carbocycles. The zero-order chi connectivity index (χ0) is 17.8. The monoisotopic (exact) mass is 345 g/mol. The Kier molecular flexibility index (Phi) is 4.44. The van der Waals surface area contributed by atoms with Gasteiger partial charge in [-0.25, -0.2) is 9.50 Å². The van der Waals surface area contributed by atoms with Gasteiger partial charge in [0, 0.05) is 36.6 Å². The molecule has 0 aliphatic heterocycles. The average Bonchev–Trinajstić information content (AvgIpc) is 3.09. The Morgan fingerprint density at radius 1 is 1.00 bits per heavy atom. The predicted molar refractivity (Wildman–Crippen MR) is 103 cm³/mol. The zero-order valence-electron chi connectivity index (χ0n) is 14.1. The van der Waals surface area contributed by atoms with Gasteiger partial charge in [0.15, 0.2) is 5.65 Å². The van der Waals surface area contributed by atoms with Gasteiger partial charge < -0.3 is 16.4 Å². The molecule has 0 spiro atoms. The van der Waals surface area contributed by atoms with Crippen molar-refractivity contribution in [2.45, 2.75) is 0 Å². The molecule has 0 atom stereocenters. The fourth-order valence-corrected chi connectivity index (χ4v) is 2.72. The second-order valence-corrected chi connectivity index (χ2v) is 5.75. The number of nitrogens with two attached hydrogens (primary N) is 1. The maximum atomic E-state index is 5.51. The van der Waals surface area contributed by atoms with Crippen LogP contribution in [0.5, 0.6) is 0 Å². The third kappa shape index (κ3) is 3.33. The van der Waals surface area contributed by atoms with E-state index in [0.717, 1.165) is 28.4 Å². The Bertz CT molecular complexity index is 1010. The lowest BCUT2D eigenvalue weighted by atomic mass is 10.1. The topological polar surface area (TPSA) is 93.2 Å². The number of rotatable bonds is 6. The highest BCUT2D eigenvalue weighted by atomic mass is 15.4. The zero-order valence-corrected chi connectivity index (χ0v) is 14.1. The normalized spacial score (nSPS) is 10.8. The van der Waals surface area contributed by atoms with E-state index >= 15 is 0 Å². The summed E-state index contributed by atoms with van der Waals surface area (Å²) in [6, 6.07) is 19.9. The molecule has 130 valence electrons. The minimum atomic E-state index is 0.532. The number of benzene rings is 1. The molecule has 0 fully saturated rings. The Balaban J connectivity index is 1.64. The number of fused-ring (bicyclic) bond motifs is 1. The fraction of sp³-hybridized carbons (Fsp3) is 0.105. The Morgan fingerprint density at radius 3 is 2.73 bits per heavy atom. The molecule has 1 aromatic carbocycles. The molecule has 4 rings (SSSR count). The van der Waals surface area contributed by atoms with Crippen molar-refractivity contribution in [1.29, 1.82) is 0 Å². The summed E-state index contributed by atoms with van der Waals surface area (Å²) in [6.45, 7) is 1.22. The Hall–Kier alpha value is -3.45. The van der Waals surface area contributed by atoms with Gasteiger partial charge in [-0.2, -0.15) is 4.98 Å². The second-order valence-electron chi connectivity index (χ2n) is 5.75. The van der Waals surface area contributed by atoms with Crippen molar-refractivity contribution in [1.82, 2.24) is 19.6 Å². The van der Waals surface area contributed by atoms with Crippen LogP contribution in [0.3, 0.4) is 0 Å². The summed E-state index contributed by atoms with van der Waals surface area (Å²) >= 11 is 0. The van der Waals surface area contributed by atoms with E-state index in [1.165, 1.54) is 0 Å². The summed E-state index contributed by atoms with van der Waals surface area (Å²) in [6.07, 6.45) is 1.73. The van der Waals surface area contributed by atoms with Crippen LogP contribution >= 0.6 is 0 Å². The standard InChI is InChI=1S/C19H19N7/c20-10-12-22-17-13-15(9-11-21-17)23-19-24-18-8-4-7-16(26(18)25-19)14-5-2-1-3-6-14/h1-9,11,13H,10,12,20H2,(H2,21,22,23,25). The minimum absolute atomic E-state index is 0.532. The Labute approximate surface area is 150 Å². The molecule has 3 aromatic heterocycles. The number of nitrogens with one attached hydrogen (secondary N) is 2. The summed E-state index contributed by atoms with van der Waals surface area (Å²) in [4.78, 5) is 8.83. The molecule has 0 unspecified atom stereocenters. The van der Waals surface area contributed by atoms with Crippen molar-refractivity contribution >= 4 is 23.1 Å². The van der Waals surface area contributed by atoms with Gasteiger partial charge in [0.1, 0.15) is 5.82 Å². The lowest BCUT2D eigenvalue weighted by molar-refractivity contribution is 0.973. The first-order valence-corrected chi connectivity index (χ1v) is 8.42. The molecular weight excluding hydrogens is 326 g/mol. The average molecular weight is 345 g/mol. The van der Waals surface area contributed by atoms with Crippen molar-refractivity contribution in [2.24, 2.45) is 5.73 Å². The van der Waals surface area contributed by atoms with Gasteiger partial charge in [0.25, 0.3) is 0 Å². The van der Waals surface area contributed by atoms with Gasteiger partial charge in [-0.05, 0) is 18.2 Å². The van der Waals surface area contributed by atoms with Crippen LogP contribution in [0.25, 0.3) is 16.9 Å². The van der Waals surface area contributed by atoms with Crippen LogP contribution in [-0.4, -0.2) is 32.7 Å². The van der Waals surface area contributed by atoms with Gasteiger partial charge in [0.2, 0.25) is 5.95 Å². The molecule has 0 bridgehead atoms. The van der Waals surface area contributed by atoms with E-state index < -0.39 is 0 Å². The van der Waals surface area contributed by atoms with Crippen LogP contribution in [0.1, 0.15) is 0 Å². The number of nitrogens with zero attached hydrogens (tertiary/aromatic N) is 4. The van der Waals surface area contributed by atoms with Crippen LogP contribution < -0.4 is 16.4 Å². The molecule has 0 saturated heterocycles.